The smallest absolute Gasteiger partial charge is 0.253 e. The van der Waals surface area contributed by atoms with E-state index in [0.717, 1.165) is 37.2 Å². The van der Waals surface area contributed by atoms with Gasteiger partial charge in [-0.2, -0.15) is 0 Å². The van der Waals surface area contributed by atoms with Crippen LogP contribution in [0, 0.1) is 18.7 Å². The molecule has 1 fully saturated rings. The summed E-state index contributed by atoms with van der Waals surface area (Å²) in [5, 5.41) is 6.06. The van der Waals surface area contributed by atoms with Crippen molar-refractivity contribution in [3.8, 4) is 0 Å². The zero-order chi connectivity index (χ0) is 20.1. The van der Waals surface area contributed by atoms with Crippen molar-refractivity contribution in [3.05, 3.63) is 53.0 Å². The van der Waals surface area contributed by atoms with Crippen LogP contribution in [-0.2, 0) is 4.74 Å². The molecule has 0 atom stereocenters. The molecule has 1 amide bonds. The highest BCUT2D eigenvalue weighted by molar-refractivity contribution is 5.95. The van der Waals surface area contributed by atoms with Crippen molar-refractivity contribution in [2.75, 3.05) is 25.1 Å². The number of benzene rings is 1. The second-order valence-corrected chi connectivity index (χ2v) is 7.69. The van der Waals surface area contributed by atoms with Crippen LogP contribution in [0.1, 0.15) is 54.1 Å². The molecule has 2 heterocycles. The van der Waals surface area contributed by atoms with Crippen molar-refractivity contribution in [1.29, 1.82) is 0 Å². The van der Waals surface area contributed by atoms with E-state index in [2.05, 4.69) is 15.6 Å². The number of rotatable bonds is 6. The Morgan fingerprint density at radius 3 is 2.75 bits per heavy atom. The summed E-state index contributed by atoms with van der Waals surface area (Å²) >= 11 is 0. The van der Waals surface area contributed by atoms with Gasteiger partial charge >= 0.3 is 0 Å². The van der Waals surface area contributed by atoms with Crippen LogP contribution >= 0.6 is 0 Å². The minimum Gasteiger partial charge on any atom is -0.381 e. The number of halogens is 1. The third-order valence-corrected chi connectivity index (χ3v) is 5.08. The number of carbonyl (C=O) groups is 1. The number of aryl methyl sites for hydroxylation is 1. The molecular formula is C22H28FN3O2. The van der Waals surface area contributed by atoms with Crippen LogP contribution in [0.25, 0.3) is 0 Å². The summed E-state index contributed by atoms with van der Waals surface area (Å²) < 4.78 is 19.4. The number of hydrogen-bond acceptors (Lipinski definition) is 4. The van der Waals surface area contributed by atoms with Gasteiger partial charge in [0.25, 0.3) is 5.91 Å². The molecule has 1 saturated heterocycles. The minimum absolute atomic E-state index is 0.115. The number of nitrogens with one attached hydrogen (secondary N) is 2. The van der Waals surface area contributed by atoms with Crippen molar-refractivity contribution < 1.29 is 13.9 Å². The quantitative estimate of drug-likeness (QED) is 0.766. The van der Waals surface area contributed by atoms with Gasteiger partial charge in [0.05, 0.1) is 11.3 Å². The van der Waals surface area contributed by atoms with Gasteiger partial charge in [0.2, 0.25) is 0 Å². The molecule has 150 valence electrons. The van der Waals surface area contributed by atoms with Gasteiger partial charge in [-0.1, -0.05) is 19.9 Å². The molecule has 0 aliphatic carbocycles. The van der Waals surface area contributed by atoms with Crippen LogP contribution in [0.4, 0.5) is 15.9 Å². The van der Waals surface area contributed by atoms with Crippen molar-refractivity contribution in [1.82, 2.24) is 10.3 Å². The van der Waals surface area contributed by atoms with Crippen LogP contribution in [0.15, 0.2) is 30.5 Å². The van der Waals surface area contributed by atoms with Crippen molar-refractivity contribution in [3.63, 3.8) is 0 Å². The van der Waals surface area contributed by atoms with E-state index in [9.17, 15) is 9.18 Å². The summed E-state index contributed by atoms with van der Waals surface area (Å²) in [4.78, 5) is 17.1. The van der Waals surface area contributed by atoms with Gasteiger partial charge in [-0.25, -0.2) is 9.37 Å². The fourth-order valence-electron chi connectivity index (χ4n) is 3.36. The summed E-state index contributed by atoms with van der Waals surface area (Å²) in [7, 11) is 0. The van der Waals surface area contributed by atoms with E-state index >= 15 is 0 Å². The highest BCUT2D eigenvalue weighted by atomic mass is 19.1. The average molecular weight is 385 g/mol. The number of amides is 1. The van der Waals surface area contributed by atoms with E-state index < -0.39 is 0 Å². The molecule has 0 spiro atoms. The molecule has 5 nitrogen and oxygen atoms in total. The lowest BCUT2D eigenvalue weighted by atomic mass is 9.97. The van der Waals surface area contributed by atoms with E-state index in [1.54, 1.807) is 18.3 Å². The highest BCUT2D eigenvalue weighted by Gasteiger charge is 2.19. The first kappa shape index (κ1) is 20.3. The Labute approximate surface area is 165 Å². The Balaban J connectivity index is 1.74. The van der Waals surface area contributed by atoms with E-state index in [-0.39, 0.29) is 17.6 Å². The van der Waals surface area contributed by atoms with E-state index in [4.69, 9.17) is 4.74 Å². The van der Waals surface area contributed by atoms with E-state index in [1.807, 2.05) is 26.8 Å². The first-order valence-electron chi connectivity index (χ1n) is 9.83. The number of ether oxygens (including phenoxy) is 1. The number of carbonyl (C=O) groups excluding carboxylic acids is 1. The van der Waals surface area contributed by atoms with Crippen LogP contribution in [-0.4, -0.2) is 30.6 Å². The second-order valence-electron chi connectivity index (χ2n) is 7.69. The molecule has 0 saturated carbocycles. The largest absolute Gasteiger partial charge is 0.381 e. The Hall–Kier alpha value is -2.47. The Kier molecular flexibility index (Phi) is 6.62. The van der Waals surface area contributed by atoms with E-state index in [1.165, 1.54) is 6.07 Å². The normalized spacial score (nSPS) is 14.9. The number of aromatic nitrogens is 1. The maximum absolute atomic E-state index is 14.0. The fraction of sp³-hybridized carbons (Fsp3) is 0.455. The third-order valence-electron chi connectivity index (χ3n) is 5.08. The standard InChI is InChI=1S/C22H28FN3O2/c1-14(2)17-11-21(26-20-10-15(3)4-5-19(20)23)24-13-18(17)22(27)25-12-16-6-8-28-9-7-16/h4-5,10-11,13-14,16H,6-9,12H2,1-3H3,(H,24,26)(H,25,27). The summed E-state index contributed by atoms with van der Waals surface area (Å²) in [6, 6.07) is 6.72. The van der Waals surface area contributed by atoms with Crippen molar-refractivity contribution in [2.24, 2.45) is 5.92 Å². The number of nitrogens with zero attached hydrogens (tertiary/aromatic N) is 1. The van der Waals surface area contributed by atoms with Crippen LogP contribution in [0.5, 0.6) is 0 Å². The van der Waals surface area contributed by atoms with Crippen LogP contribution in [0.2, 0.25) is 0 Å². The van der Waals surface area contributed by atoms with Crippen molar-refractivity contribution >= 4 is 17.4 Å². The zero-order valence-corrected chi connectivity index (χ0v) is 16.7. The third kappa shape index (κ3) is 5.07. The van der Waals surface area contributed by atoms with Crippen LogP contribution < -0.4 is 10.6 Å². The topological polar surface area (TPSA) is 63.2 Å². The first-order chi connectivity index (χ1) is 13.4. The molecule has 0 radical (unpaired) electrons. The van der Waals surface area contributed by atoms with Gasteiger partial charge in [0, 0.05) is 26.0 Å². The second kappa shape index (κ2) is 9.15. The summed E-state index contributed by atoms with van der Waals surface area (Å²) in [6.45, 7) is 8.13. The molecule has 3 rings (SSSR count). The lowest BCUT2D eigenvalue weighted by molar-refractivity contribution is 0.0642. The van der Waals surface area contributed by atoms with Gasteiger partial charge in [-0.05, 0) is 60.9 Å². The SMILES string of the molecule is Cc1ccc(F)c(Nc2cc(C(C)C)c(C(=O)NCC3CCOCC3)cn2)c1. The first-order valence-corrected chi connectivity index (χ1v) is 9.83. The Morgan fingerprint density at radius 1 is 1.29 bits per heavy atom. The Bertz CT molecular complexity index is 833. The molecule has 0 unspecified atom stereocenters. The monoisotopic (exact) mass is 385 g/mol. The van der Waals surface area contributed by atoms with Crippen LogP contribution in [0.3, 0.4) is 0 Å². The van der Waals surface area contributed by atoms with Crippen molar-refractivity contribution in [2.45, 2.75) is 39.5 Å². The summed E-state index contributed by atoms with van der Waals surface area (Å²) in [5.74, 6) is 0.662. The lowest BCUT2D eigenvalue weighted by Gasteiger charge is -2.22. The highest BCUT2D eigenvalue weighted by Crippen LogP contribution is 2.25. The molecule has 2 aromatic rings. The van der Waals surface area contributed by atoms with Gasteiger partial charge in [0.1, 0.15) is 11.6 Å². The molecular weight excluding hydrogens is 357 g/mol. The summed E-state index contributed by atoms with van der Waals surface area (Å²) in [6.07, 6.45) is 3.52. The van der Waals surface area contributed by atoms with Gasteiger partial charge in [-0.3, -0.25) is 4.79 Å². The number of anilines is 2. The zero-order valence-electron chi connectivity index (χ0n) is 16.7. The molecule has 1 aromatic carbocycles. The van der Waals surface area contributed by atoms with Gasteiger partial charge in [0.15, 0.2) is 0 Å². The Morgan fingerprint density at radius 2 is 2.04 bits per heavy atom. The molecule has 1 aliphatic heterocycles. The fourth-order valence-corrected chi connectivity index (χ4v) is 3.36. The van der Waals surface area contributed by atoms with Gasteiger partial charge in [-0.15, -0.1) is 0 Å². The molecule has 0 bridgehead atoms. The summed E-state index contributed by atoms with van der Waals surface area (Å²) in [5.41, 5.74) is 2.78. The molecule has 6 heteroatoms. The van der Waals surface area contributed by atoms with E-state index in [0.29, 0.717) is 29.5 Å². The number of pyridine rings is 1. The lowest BCUT2D eigenvalue weighted by Crippen LogP contribution is -2.32. The minimum atomic E-state index is -0.336. The number of hydrogen-bond donors (Lipinski definition) is 2. The molecule has 28 heavy (non-hydrogen) atoms. The van der Waals surface area contributed by atoms with Gasteiger partial charge < -0.3 is 15.4 Å². The predicted octanol–water partition coefficient (Wildman–Crippen LogP) is 4.55. The molecule has 2 N–H and O–H groups in total. The maximum atomic E-state index is 14.0. The maximum Gasteiger partial charge on any atom is 0.253 e. The predicted molar refractivity (Wildman–Crippen MR) is 109 cm³/mol. The molecule has 1 aliphatic rings. The average Bonchev–Trinajstić information content (AvgIpc) is 2.69. The molecule has 1 aromatic heterocycles.